The van der Waals surface area contributed by atoms with Crippen LogP contribution in [0.5, 0.6) is 17.2 Å². The smallest absolute Gasteiger partial charge is 0.265 e. The van der Waals surface area contributed by atoms with Crippen molar-refractivity contribution in [2.24, 2.45) is 0 Å². The maximum atomic E-state index is 12.5. The van der Waals surface area contributed by atoms with Gasteiger partial charge in [0.2, 0.25) is 12.7 Å². The van der Waals surface area contributed by atoms with Gasteiger partial charge in [0.15, 0.2) is 17.6 Å². The molecule has 0 spiro atoms. The Morgan fingerprint density at radius 3 is 2.70 bits per heavy atom. The van der Waals surface area contributed by atoms with Crippen LogP contribution in [0.2, 0.25) is 0 Å². The molecule has 2 aromatic rings. The van der Waals surface area contributed by atoms with Gasteiger partial charge in [-0.25, -0.2) is 0 Å². The molecule has 0 radical (unpaired) electrons. The van der Waals surface area contributed by atoms with Crippen LogP contribution >= 0.6 is 0 Å². The van der Waals surface area contributed by atoms with Crippen LogP contribution in [0.3, 0.4) is 0 Å². The summed E-state index contributed by atoms with van der Waals surface area (Å²) >= 11 is 0. The fraction of sp³-hybridized carbons (Fsp3) is 0.263. The molecule has 8 nitrogen and oxygen atoms in total. The van der Waals surface area contributed by atoms with Crippen LogP contribution in [0.1, 0.15) is 13.8 Å². The van der Waals surface area contributed by atoms with E-state index in [0.717, 1.165) is 0 Å². The second-order valence-electron chi connectivity index (χ2n) is 6.38. The zero-order valence-corrected chi connectivity index (χ0v) is 14.9. The minimum Gasteiger partial charge on any atom is -0.479 e. The Labute approximate surface area is 155 Å². The molecule has 2 aliphatic heterocycles. The summed E-state index contributed by atoms with van der Waals surface area (Å²) in [7, 11) is 0. The second-order valence-corrected chi connectivity index (χ2v) is 6.38. The lowest BCUT2D eigenvalue weighted by molar-refractivity contribution is -0.122. The summed E-state index contributed by atoms with van der Waals surface area (Å²) in [6.45, 7) is 3.62. The molecule has 2 aliphatic rings. The van der Waals surface area contributed by atoms with E-state index in [1.54, 1.807) is 50.2 Å². The molecule has 0 fully saturated rings. The van der Waals surface area contributed by atoms with E-state index in [9.17, 15) is 9.59 Å². The summed E-state index contributed by atoms with van der Waals surface area (Å²) < 4.78 is 16.1. The third kappa shape index (κ3) is 3.46. The SMILES string of the molecule is C[C@H](Nc1ccc2c(c1)NC(=O)[C@@H](C)O2)C(=O)Nc1ccc2c(c1)OCO2. The number of amides is 2. The van der Waals surface area contributed by atoms with Crippen LogP contribution < -0.4 is 30.2 Å². The minimum atomic E-state index is -0.525. The van der Waals surface area contributed by atoms with E-state index in [1.807, 2.05) is 0 Å². The Balaban J connectivity index is 1.41. The number of rotatable bonds is 4. The topological polar surface area (TPSA) is 97.9 Å². The molecule has 2 aromatic carbocycles. The molecular formula is C19H19N3O5. The van der Waals surface area contributed by atoms with Gasteiger partial charge in [-0.15, -0.1) is 0 Å². The molecule has 4 rings (SSSR count). The van der Waals surface area contributed by atoms with E-state index in [1.165, 1.54) is 0 Å². The van der Waals surface area contributed by atoms with Gasteiger partial charge in [-0.05, 0) is 44.2 Å². The van der Waals surface area contributed by atoms with Gasteiger partial charge in [-0.2, -0.15) is 0 Å². The van der Waals surface area contributed by atoms with Gasteiger partial charge in [-0.3, -0.25) is 9.59 Å². The summed E-state index contributed by atoms with van der Waals surface area (Å²) in [5.74, 6) is 1.46. The third-order valence-electron chi connectivity index (χ3n) is 4.33. The van der Waals surface area contributed by atoms with Crippen molar-refractivity contribution < 1.29 is 23.8 Å². The van der Waals surface area contributed by atoms with Crippen LogP contribution in [0.4, 0.5) is 17.1 Å². The molecule has 2 atom stereocenters. The van der Waals surface area contributed by atoms with E-state index in [0.29, 0.717) is 34.3 Å². The Morgan fingerprint density at radius 1 is 1.11 bits per heavy atom. The van der Waals surface area contributed by atoms with Crippen molar-refractivity contribution in [3.05, 3.63) is 36.4 Å². The highest BCUT2D eigenvalue weighted by Gasteiger charge is 2.24. The largest absolute Gasteiger partial charge is 0.479 e. The maximum Gasteiger partial charge on any atom is 0.265 e. The summed E-state index contributed by atoms with van der Waals surface area (Å²) in [5.41, 5.74) is 1.89. The average Bonchev–Trinajstić information content (AvgIpc) is 3.10. The molecule has 140 valence electrons. The number of fused-ring (bicyclic) bond motifs is 2. The molecule has 0 aromatic heterocycles. The van der Waals surface area contributed by atoms with Gasteiger partial charge in [-0.1, -0.05) is 0 Å². The third-order valence-corrected chi connectivity index (χ3v) is 4.33. The predicted molar refractivity (Wildman–Crippen MR) is 99.4 cm³/mol. The maximum absolute atomic E-state index is 12.5. The van der Waals surface area contributed by atoms with Crippen molar-refractivity contribution in [1.82, 2.24) is 0 Å². The van der Waals surface area contributed by atoms with Crippen molar-refractivity contribution in [3.63, 3.8) is 0 Å². The van der Waals surface area contributed by atoms with Gasteiger partial charge >= 0.3 is 0 Å². The van der Waals surface area contributed by atoms with Crippen molar-refractivity contribution >= 4 is 28.9 Å². The first-order valence-corrected chi connectivity index (χ1v) is 8.58. The van der Waals surface area contributed by atoms with Crippen molar-refractivity contribution in [1.29, 1.82) is 0 Å². The molecule has 27 heavy (non-hydrogen) atoms. The Morgan fingerprint density at radius 2 is 1.85 bits per heavy atom. The number of carbonyl (C=O) groups is 2. The van der Waals surface area contributed by atoms with E-state index < -0.39 is 12.1 Å². The zero-order chi connectivity index (χ0) is 19.0. The number of anilines is 3. The first-order valence-electron chi connectivity index (χ1n) is 8.58. The zero-order valence-electron chi connectivity index (χ0n) is 14.9. The summed E-state index contributed by atoms with van der Waals surface area (Å²) in [5, 5.41) is 8.74. The van der Waals surface area contributed by atoms with Crippen molar-refractivity contribution in [2.75, 3.05) is 22.7 Å². The normalized spacial score (nSPS) is 18.0. The summed E-state index contributed by atoms with van der Waals surface area (Å²) in [6, 6.07) is 10.0. The number of hydrogen-bond acceptors (Lipinski definition) is 6. The average molecular weight is 369 g/mol. The quantitative estimate of drug-likeness (QED) is 0.766. The Hall–Kier alpha value is -3.42. The first kappa shape index (κ1) is 17.0. The molecule has 0 saturated heterocycles. The van der Waals surface area contributed by atoms with Crippen LogP contribution in [-0.2, 0) is 9.59 Å². The molecule has 2 amide bonds. The molecular weight excluding hydrogens is 350 g/mol. The lowest BCUT2D eigenvalue weighted by Crippen LogP contribution is -2.34. The minimum absolute atomic E-state index is 0.183. The standard InChI is InChI=1S/C19H19N3O5/c1-10(18(23)21-13-4-6-16-17(8-13)26-9-25-16)20-12-3-5-15-14(7-12)22-19(24)11(2)27-15/h3-8,10-11,20H,9H2,1-2H3,(H,21,23)(H,22,24)/t10-,11+/m0/s1. The number of carbonyl (C=O) groups excluding carboxylic acids is 2. The van der Waals surface area contributed by atoms with Gasteiger partial charge < -0.3 is 30.2 Å². The van der Waals surface area contributed by atoms with Gasteiger partial charge in [0.05, 0.1) is 5.69 Å². The van der Waals surface area contributed by atoms with Crippen molar-refractivity contribution in [2.45, 2.75) is 26.0 Å². The van der Waals surface area contributed by atoms with E-state index in [-0.39, 0.29) is 18.6 Å². The first-order chi connectivity index (χ1) is 13.0. The fourth-order valence-electron chi connectivity index (χ4n) is 2.84. The molecule has 0 bridgehead atoms. The molecule has 2 heterocycles. The Bertz CT molecular complexity index is 914. The molecule has 8 heteroatoms. The van der Waals surface area contributed by atoms with E-state index in [2.05, 4.69) is 16.0 Å². The van der Waals surface area contributed by atoms with Crippen LogP contribution in [0, 0.1) is 0 Å². The van der Waals surface area contributed by atoms with Gasteiger partial charge in [0.1, 0.15) is 11.8 Å². The van der Waals surface area contributed by atoms with Gasteiger partial charge in [0.25, 0.3) is 5.91 Å². The highest BCUT2D eigenvalue weighted by molar-refractivity contribution is 5.99. The molecule has 0 saturated carbocycles. The summed E-state index contributed by atoms with van der Waals surface area (Å²) in [6.07, 6.45) is -0.525. The van der Waals surface area contributed by atoms with E-state index >= 15 is 0 Å². The highest BCUT2D eigenvalue weighted by atomic mass is 16.7. The van der Waals surface area contributed by atoms with E-state index in [4.69, 9.17) is 14.2 Å². The molecule has 0 aliphatic carbocycles. The van der Waals surface area contributed by atoms with Crippen LogP contribution in [0.25, 0.3) is 0 Å². The molecule has 3 N–H and O–H groups in total. The van der Waals surface area contributed by atoms with Gasteiger partial charge in [0, 0.05) is 17.4 Å². The monoisotopic (exact) mass is 369 g/mol. The fourth-order valence-corrected chi connectivity index (χ4v) is 2.84. The lowest BCUT2D eigenvalue weighted by Gasteiger charge is -2.24. The predicted octanol–water partition coefficient (Wildman–Crippen LogP) is 2.57. The van der Waals surface area contributed by atoms with Crippen molar-refractivity contribution in [3.8, 4) is 17.2 Å². The Kier molecular flexibility index (Phi) is 4.23. The lowest BCUT2D eigenvalue weighted by atomic mass is 10.2. The van der Waals surface area contributed by atoms with Crippen LogP contribution in [-0.4, -0.2) is 30.8 Å². The highest BCUT2D eigenvalue weighted by Crippen LogP contribution is 2.34. The number of ether oxygens (including phenoxy) is 3. The number of nitrogens with one attached hydrogen (secondary N) is 3. The van der Waals surface area contributed by atoms with Crippen LogP contribution in [0.15, 0.2) is 36.4 Å². The second kappa shape index (κ2) is 6.71. The number of benzene rings is 2. The summed E-state index contributed by atoms with van der Waals surface area (Å²) in [4.78, 5) is 24.2. The number of hydrogen-bond donors (Lipinski definition) is 3. The molecule has 0 unspecified atom stereocenters.